The van der Waals surface area contributed by atoms with Crippen molar-refractivity contribution < 1.29 is 14.3 Å². The van der Waals surface area contributed by atoms with Crippen molar-refractivity contribution in [1.29, 1.82) is 0 Å². The summed E-state index contributed by atoms with van der Waals surface area (Å²) in [6, 6.07) is 0. The van der Waals surface area contributed by atoms with E-state index >= 15 is 0 Å². The smallest absolute Gasteiger partial charge is 0.408 e. The van der Waals surface area contributed by atoms with E-state index in [0.29, 0.717) is 6.61 Å². The highest BCUT2D eigenvalue weighted by Crippen LogP contribution is 2.32. The lowest BCUT2D eigenvalue weighted by molar-refractivity contribution is 0.0183. The molecule has 1 rings (SSSR count). The molecule has 1 aliphatic carbocycles. The van der Waals surface area contributed by atoms with Gasteiger partial charge in [-0.25, -0.2) is 4.79 Å². The predicted molar refractivity (Wildman–Crippen MR) is 57.8 cm³/mol. The molecule has 0 saturated heterocycles. The van der Waals surface area contributed by atoms with Crippen LogP contribution in [0.15, 0.2) is 0 Å². The van der Waals surface area contributed by atoms with Crippen molar-refractivity contribution in [2.75, 3.05) is 13.7 Å². The lowest BCUT2D eigenvalue weighted by Crippen LogP contribution is -2.57. The molecule has 1 amide bonds. The predicted octanol–water partition coefficient (Wildman–Crippen LogP) is 2.08. The molecule has 0 aromatic carbocycles. The van der Waals surface area contributed by atoms with Gasteiger partial charge in [0.2, 0.25) is 0 Å². The molecular formula is C11H21NO3. The average Bonchev–Trinajstić information content (AvgIpc) is 1.96. The highest BCUT2D eigenvalue weighted by molar-refractivity contribution is 5.69. The van der Waals surface area contributed by atoms with Crippen LogP contribution in [0.25, 0.3) is 0 Å². The summed E-state index contributed by atoms with van der Waals surface area (Å²) in [5.41, 5.74) is -0.626. The Kier molecular flexibility index (Phi) is 3.60. The van der Waals surface area contributed by atoms with Crippen LogP contribution in [0, 0.1) is 0 Å². The zero-order chi connectivity index (χ0) is 11.5. The number of methoxy groups -OCH3 is 1. The van der Waals surface area contributed by atoms with Gasteiger partial charge >= 0.3 is 6.09 Å². The van der Waals surface area contributed by atoms with Gasteiger partial charge in [-0.1, -0.05) is 0 Å². The maximum Gasteiger partial charge on any atom is 0.408 e. The Bertz CT molecular complexity index is 228. The number of hydrogen-bond acceptors (Lipinski definition) is 3. The van der Waals surface area contributed by atoms with E-state index in [0.717, 1.165) is 19.3 Å². The summed E-state index contributed by atoms with van der Waals surface area (Å²) in [6.07, 6.45) is 2.73. The minimum Gasteiger partial charge on any atom is -0.444 e. The molecule has 0 unspecified atom stereocenters. The Morgan fingerprint density at radius 1 is 1.40 bits per heavy atom. The van der Waals surface area contributed by atoms with Crippen LogP contribution in [0.5, 0.6) is 0 Å². The molecule has 0 spiro atoms. The van der Waals surface area contributed by atoms with Crippen molar-refractivity contribution in [3.63, 3.8) is 0 Å². The zero-order valence-electron chi connectivity index (χ0n) is 10.1. The fourth-order valence-electron chi connectivity index (χ4n) is 1.71. The molecule has 0 atom stereocenters. The third-order valence-corrected chi connectivity index (χ3v) is 2.50. The molecule has 0 radical (unpaired) electrons. The van der Waals surface area contributed by atoms with Gasteiger partial charge in [-0.3, -0.25) is 0 Å². The second-order valence-corrected chi connectivity index (χ2v) is 5.19. The van der Waals surface area contributed by atoms with E-state index in [1.54, 1.807) is 7.11 Å². The maximum atomic E-state index is 11.6. The van der Waals surface area contributed by atoms with Gasteiger partial charge < -0.3 is 14.8 Å². The van der Waals surface area contributed by atoms with Crippen molar-refractivity contribution in [3.05, 3.63) is 0 Å². The molecule has 1 fully saturated rings. The first-order valence-corrected chi connectivity index (χ1v) is 5.37. The maximum absolute atomic E-state index is 11.6. The summed E-state index contributed by atoms with van der Waals surface area (Å²) >= 11 is 0. The number of carbonyl (C=O) groups excluding carboxylic acids is 1. The molecule has 1 N–H and O–H groups in total. The molecule has 0 heterocycles. The molecule has 1 saturated carbocycles. The summed E-state index contributed by atoms with van der Waals surface area (Å²) in [5.74, 6) is 0. The van der Waals surface area contributed by atoms with Crippen LogP contribution in [0.4, 0.5) is 4.79 Å². The topological polar surface area (TPSA) is 47.6 Å². The van der Waals surface area contributed by atoms with Crippen LogP contribution >= 0.6 is 0 Å². The minimum atomic E-state index is -0.442. The van der Waals surface area contributed by atoms with Gasteiger partial charge in [-0.2, -0.15) is 0 Å². The van der Waals surface area contributed by atoms with Gasteiger partial charge in [-0.15, -0.1) is 0 Å². The van der Waals surface area contributed by atoms with Crippen LogP contribution < -0.4 is 5.32 Å². The Morgan fingerprint density at radius 3 is 2.33 bits per heavy atom. The fraction of sp³-hybridized carbons (Fsp3) is 0.909. The van der Waals surface area contributed by atoms with Crippen LogP contribution in [0.3, 0.4) is 0 Å². The molecular weight excluding hydrogens is 194 g/mol. The third-order valence-electron chi connectivity index (χ3n) is 2.50. The third kappa shape index (κ3) is 3.70. The summed E-state index contributed by atoms with van der Waals surface area (Å²) in [7, 11) is 1.65. The van der Waals surface area contributed by atoms with Gasteiger partial charge in [0.05, 0.1) is 12.1 Å². The number of ether oxygens (including phenoxy) is 2. The largest absolute Gasteiger partial charge is 0.444 e. The van der Waals surface area contributed by atoms with E-state index in [1.165, 1.54) is 0 Å². The summed E-state index contributed by atoms with van der Waals surface area (Å²) in [6.45, 7) is 6.13. The Hall–Kier alpha value is -0.770. The van der Waals surface area contributed by atoms with Crippen molar-refractivity contribution in [2.45, 2.75) is 51.2 Å². The van der Waals surface area contributed by atoms with Crippen LogP contribution in [-0.2, 0) is 9.47 Å². The van der Waals surface area contributed by atoms with E-state index in [9.17, 15) is 4.79 Å². The number of carbonyl (C=O) groups is 1. The van der Waals surface area contributed by atoms with Gasteiger partial charge in [0, 0.05) is 7.11 Å². The number of nitrogens with one attached hydrogen (secondary N) is 1. The number of hydrogen-bond donors (Lipinski definition) is 1. The van der Waals surface area contributed by atoms with Gasteiger partial charge in [-0.05, 0) is 40.0 Å². The Labute approximate surface area is 91.3 Å². The lowest BCUT2D eigenvalue weighted by Gasteiger charge is -2.41. The highest BCUT2D eigenvalue weighted by atomic mass is 16.6. The molecule has 1 aliphatic rings. The first-order chi connectivity index (χ1) is 6.87. The number of amides is 1. The summed E-state index contributed by atoms with van der Waals surface area (Å²) < 4.78 is 10.3. The van der Waals surface area contributed by atoms with Crippen molar-refractivity contribution in [2.24, 2.45) is 0 Å². The van der Waals surface area contributed by atoms with Crippen molar-refractivity contribution in [1.82, 2.24) is 5.32 Å². The molecule has 0 bridgehead atoms. The average molecular weight is 215 g/mol. The van der Waals surface area contributed by atoms with E-state index in [1.807, 2.05) is 20.8 Å². The molecule has 0 aromatic rings. The molecule has 15 heavy (non-hydrogen) atoms. The second kappa shape index (κ2) is 4.39. The molecule has 0 aliphatic heterocycles. The summed E-state index contributed by atoms with van der Waals surface area (Å²) in [5, 5.41) is 2.90. The SMILES string of the molecule is COCC1(NC(=O)OC(C)(C)C)CCC1. The summed E-state index contributed by atoms with van der Waals surface area (Å²) in [4.78, 5) is 11.6. The van der Waals surface area contributed by atoms with E-state index in [2.05, 4.69) is 5.32 Å². The standard InChI is InChI=1S/C11H21NO3/c1-10(2,3)15-9(13)12-11(8-14-4)6-5-7-11/h5-8H2,1-4H3,(H,12,13). The monoisotopic (exact) mass is 215 g/mol. The van der Waals surface area contributed by atoms with Gasteiger partial charge in [0.25, 0.3) is 0 Å². The van der Waals surface area contributed by atoms with E-state index in [4.69, 9.17) is 9.47 Å². The van der Waals surface area contributed by atoms with Gasteiger partial charge in [0.15, 0.2) is 0 Å². The van der Waals surface area contributed by atoms with Crippen LogP contribution in [-0.4, -0.2) is 30.9 Å². The first-order valence-electron chi connectivity index (χ1n) is 5.37. The molecule has 4 heteroatoms. The van der Waals surface area contributed by atoms with Crippen LogP contribution in [0.1, 0.15) is 40.0 Å². The highest BCUT2D eigenvalue weighted by Gasteiger charge is 2.39. The van der Waals surface area contributed by atoms with Crippen molar-refractivity contribution in [3.8, 4) is 0 Å². The molecule has 88 valence electrons. The van der Waals surface area contributed by atoms with E-state index < -0.39 is 5.60 Å². The Balaban J connectivity index is 2.42. The second-order valence-electron chi connectivity index (χ2n) is 5.19. The van der Waals surface area contributed by atoms with Crippen molar-refractivity contribution >= 4 is 6.09 Å². The molecule has 0 aromatic heterocycles. The Morgan fingerprint density at radius 2 is 2.00 bits per heavy atom. The first kappa shape index (κ1) is 12.3. The quantitative estimate of drug-likeness (QED) is 0.784. The van der Waals surface area contributed by atoms with Gasteiger partial charge in [0.1, 0.15) is 5.60 Å². The molecule has 4 nitrogen and oxygen atoms in total. The normalized spacial score (nSPS) is 19.2. The zero-order valence-corrected chi connectivity index (χ0v) is 10.1. The van der Waals surface area contributed by atoms with Crippen LogP contribution in [0.2, 0.25) is 0 Å². The van der Waals surface area contributed by atoms with E-state index in [-0.39, 0.29) is 11.6 Å². The number of alkyl carbamates (subject to hydrolysis) is 1. The fourth-order valence-corrected chi connectivity index (χ4v) is 1.71. The lowest BCUT2D eigenvalue weighted by atomic mass is 9.77. The minimum absolute atomic E-state index is 0.183. The number of rotatable bonds is 3.